The first kappa shape index (κ1) is 33.3. The molecule has 0 aliphatic carbocycles. The minimum absolute atomic E-state index is 0.0431. The van der Waals surface area contributed by atoms with Crippen molar-refractivity contribution in [2.45, 2.75) is 71.5 Å². The molecule has 18 nitrogen and oxygen atoms in total. The molecule has 2 unspecified atom stereocenters. The summed E-state index contributed by atoms with van der Waals surface area (Å²) in [5, 5.41) is 0. The predicted octanol–water partition coefficient (Wildman–Crippen LogP) is -1.22. The van der Waals surface area contributed by atoms with Gasteiger partial charge in [-0.3, -0.25) is 24.3 Å². The summed E-state index contributed by atoms with van der Waals surface area (Å²) >= 11 is 0. The second kappa shape index (κ2) is 14.8. The largest absolute Gasteiger partial charge is 0.469 e. The highest BCUT2D eigenvalue weighted by atomic mass is 16.5. The van der Waals surface area contributed by atoms with Crippen LogP contribution in [0.5, 0.6) is 0 Å². The van der Waals surface area contributed by atoms with E-state index >= 15 is 0 Å². The van der Waals surface area contributed by atoms with Gasteiger partial charge in [-0.2, -0.15) is 0 Å². The van der Waals surface area contributed by atoms with Crippen molar-refractivity contribution >= 4 is 24.0 Å². The highest BCUT2D eigenvalue weighted by molar-refractivity contribution is 5.85. The van der Waals surface area contributed by atoms with E-state index in [1.807, 2.05) is 6.92 Å². The van der Waals surface area contributed by atoms with Crippen LogP contribution in [0.2, 0.25) is 0 Å². The third-order valence-corrected chi connectivity index (χ3v) is 7.20. The van der Waals surface area contributed by atoms with E-state index in [1.54, 1.807) is 6.92 Å². The van der Waals surface area contributed by atoms with Crippen LogP contribution in [0.1, 0.15) is 39.5 Å². The standard InChI is InChI=1S/C25H39N7O11/c1-6-8-11-27-22(36)28(12-9-17(33)42-5)24(38)29(23(27)37)13-10-18(34)43-16-32-20-19(26(7-2)21(32)35)30(14-40-3)25(39)31(20)15-41-4/h19-20H,6-16H2,1-5H3. The molecule has 3 heterocycles. The number of likely N-dealkylation sites (N-methyl/N-ethyl adjacent to an activating group) is 1. The lowest BCUT2D eigenvalue weighted by Crippen LogP contribution is -2.54. The van der Waals surface area contributed by atoms with Gasteiger partial charge in [-0.15, -0.1) is 0 Å². The number of aromatic nitrogens is 3. The van der Waals surface area contributed by atoms with E-state index in [0.29, 0.717) is 12.8 Å². The number of methoxy groups -OCH3 is 3. The van der Waals surface area contributed by atoms with Crippen molar-refractivity contribution in [1.82, 2.24) is 33.3 Å². The molecule has 0 spiro atoms. The SMILES string of the molecule is CCCCn1c(=O)n(CCC(=O)OC)c(=O)n(CCC(=O)OCN2C(=O)N(CC)C3C2N(COC)C(=O)N3COC)c1=O. The molecule has 2 aliphatic rings. The van der Waals surface area contributed by atoms with E-state index in [0.717, 1.165) is 13.7 Å². The van der Waals surface area contributed by atoms with Gasteiger partial charge in [0, 0.05) is 40.4 Å². The molecule has 2 fully saturated rings. The van der Waals surface area contributed by atoms with Crippen LogP contribution in [0, 0.1) is 0 Å². The second-order valence-electron chi connectivity index (χ2n) is 9.80. The van der Waals surface area contributed by atoms with E-state index in [9.17, 15) is 33.6 Å². The van der Waals surface area contributed by atoms with Crippen LogP contribution in [0.25, 0.3) is 0 Å². The van der Waals surface area contributed by atoms with Gasteiger partial charge in [0.1, 0.15) is 13.5 Å². The molecule has 2 atom stereocenters. The third-order valence-electron chi connectivity index (χ3n) is 7.20. The maximum Gasteiger partial charge on any atom is 0.336 e. The molecule has 1 aromatic rings. The maximum absolute atomic E-state index is 13.2. The Hall–Kier alpha value is -4.19. The molecule has 2 saturated heterocycles. The van der Waals surface area contributed by atoms with Crippen LogP contribution in [0.15, 0.2) is 14.4 Å². The Bertz CT molecular complexity index is 1370. The molecular weight excluding hydrogens is 574 g/mol. The summed E-state index contributed by atoms with van der Waals surface area (Å²) in [6, 6.07) is -0.908. The number of hydrogen-bond acceptors (Lipinski definition) is 11. The topological polar surface area (TPSA) is 184 Å². The van der Waals surface area contributed by atoms with Gasteiger partial charge in [0.05, 0.1) is 20.0 Å². The summed E-state index contributed by atoms with van der Waals surface area (Å²) in [5.41, 5.74) is -2.73. The summed E-state index contributed by atoms with van der Waals surface area (Å²) in [6.07, 6.45) is -1.12. The zero-order valence-electron chi connectivity index (χ0n) is 25.1. The Morgan fingerprint density at radius 2 is 1.07 bits per heavy atom. The van der Waals surface area contributed by atoms with Gasteiger partial charge in [-0.05, 0) is 13.3 Å². The molecule has 0 N–H and O–H groups in total. The first-order valence-electron chi connectivity index (χ1n) is 13.9. The van der Waals surface area contributed by atoms with E-state index in [2.05, 4.69) is 4.74 Å². The van der Waals surface area contributed by atoms with E-state index in [4.69, 9.17) is 14.2 Å². The summed E-state index contributed by atoms with van der Waals surface area (Å²) in [7, 11) is 3.99. The molecular formula is C25H39N7O11. The Morgan fingerprint density at radius 1 is 0.628 bits per heavy atom. The normalized spacial score (nSPS) is 18.1. The van der Waals surface area contributed by atoms with Crippen LogP contribution < -0.4 is 17.1 Å². The molecule has 3 rings (SSSR count). The average molecular weight is 614 g/mol. The van der Waals surface area contributed by atoms with Crippen molar-refractivity contribution < 1.29 is 38.1 Å². The highest BCUT2D eigenvalue weighted by Crippen LogP contribution is 2.34. The van der Waals surface area contributed by atoms with Crippen LogP contribution >= 0.6 is 0 Å². The van der Waals surface area contributed by atoms with Crippen LogP contribution in [0.4, 0.5) is 9.59 Å². The summed E-state index contributed by atoms with van der Waals surface area (Å²) < 4.78 is 22.7. The van der Waals surface area contributed by atoms with E-state index < -0.39 is 73.1 Å². The number of urea groups is 2. The van der Waals surface area contributed by atoms with Crippen molar-refractivity contribution in [2.75, 3.05) is 48.1 Å². The fourth-order valence-corrected chi connectivity index (χ4v) is 5.05. The molecule has 0 aromatic carbocycles. The van der Waals surface area contributed by atoms with Crippen molar-refractivity contribution in [3.05, 3.63) is 31.5 Å². The average Bonchev–Trinajstić information content (AvgIpc) is 3.40. The minimum Gasteiger partial charge on any atom is -0.469 e. The molecule has 0 radical (unpaired) electrons. The molecule has 0 bridgehead atoms. The number of amides is 4. The van der Waals surface area contributed by atoms with Crippen molar-refractivity contribution in [3.63, 3.8) is 0 Å². The Balaban J connectivity index is 1.79. The number of unbranched alkanes of at least 4 members (excludes halogenated alkanes) is 1. The van der Waals surface area contributed by atoms with Crippen molar-refractivity contribution in [3.8, 4) is 0 Å². The number of ether oxygens (including phenoxy) is 4. The minimum atomic E-state index is -0.978. The molecule has 4 amide bonds. The van der Waals surface area contributed by atoms with Crippen molar-refractivity contribution in [2.24, 2.45) is 0 Å². The fourth-order valence-electron chi connectivity index (χ4n) is 5.05. The van der Waals surface area contributed by atoms with Gasteiger partial charge >= 0.3 is 41.1 Å². The maximum atomic E-state index is 13.2. The summed E-state index contributed by atoms with van der Waals surface area (Å²) in [4.78, 5) is 95.0. The van der Waals surface area contributed by atoms with Gasteiger partial charge in [-0.1, -0.05) is 13.3 Å². The quantitative estimate of drug-likeness (QED) is 0.204. The van der Waals surface area contributed by atoms with Gasteiger partial charge in [-0.25, -0.2) is 37.7 Å². The number of nitrogens with zero attached hydrogens (tertiary/aromatic N) is 7. The lowest BCUT2D eigenvalue weighted by molar-refractivity contribution is -0.149. The third kappa shape index (κ3) is 6.74. The van der Waals surface area contributed by atoms with Gasteiger partial charge in [0.15, 0.2) is 19.1 Å². The van der Waals surface area contributed by atoms with Gasteiger partial charge < -0.3 is 23.8 Å². The molecule has 43 heavy (non-hydrogen) atoms. The second-order valence-corrected chi connectivity index (χ2v) is 9.80. The Kier molecular flexibility index (Phi) is 11.5. The molecule has 1 aromatic heterocycles. The first-order valence-corrected chi connectivity index (χ1v) is 13.9. The lowest BCUT2D eigenvalue weighted by Gasteiger charge is -2.28. The number of esters is 2. The van der Waals surface area contributed by atoms with Crippen LogP contribution in [-0.2, 0) is 48.2 Å². The number of rotatable bonds is 16. The zero-order valence-corrected chi connectivity index (χ0v) is 25.1. The van der Waals surface area contributed by atoms with Crippen molar-refractivity contribution in [1.29, 1.82) is 0 Å². The zero-order chi connectivity index (χ0) is 31.8. The fraction of sp³-hybridized carbons (Fsp3) is 0.720. The number of hydrogen-bond donors (Lipinski definition) is 0. The van der Waals surface area contributed by atoms with Gasteiger partial charge in [0.25, 0.3) is 0 Å². The smallest absolute Gasteiger partial charge is 0.336 e. The monoisotopic (exact) mass is 613 g/mol. The Labute approximate surface area is 246 Å². The molecule has 0 saturated carbocycles. The number of carbonyl (C=O) groups is 4. The number of fused-ring (bicyclic) bond motifs is 1. The molecule has 240 valence electrons. The highest BCUT2D eigenvalue weighted by Gasteiger charge is 2.59. The molecule has 18 heteroatoms. The van der Waals surface area contributed by atoms with Crippen LogP contribution in [-0.4, -0.2) is 118 Å². The van der Waals surface area contributed by atoms with E-state index in [1.165, 1.54) is 40.9 Å². The predicted molar refractivity (Wildman–Crippen MR) is 146 cm³/mol. The summed E-state index contributed by atoms with van der Waals surface area (Å²) in [6.45, 7) is 2.46. The first-order chi connectivity index (χ1) is 20.6. The lowest BCUT2D eigenvalue weighted by atomic mass is 10.3. The number of carbonyl (C=O) groups excluding carboxylic acids is 4. The Morgan fingerprint density at radius 3 is 1.53 bits per heavy atom. The molecule has 2 aliphatic heterocycles. The van der Waals surface area contributed by atoms with Crippen LogP contribution in [0.3, 0.4) is 0 Å². The van der Waals surface area contributed by atoms with Gasteiger partial charge in [0.2, 0.25) is 0 Å². The summed E-state index contributed by atoms with van der Waals surface area (Å²) in [5.74, 6) is -1.49. The van der Waals surface area contributed by atoms with E-state index in [-0.39, 0.29) is 39.5 Å².